The molecule has 1 N–H and O–H groups in total. The van der Waals surface area contributed by atoms with Crippen molar-refractivity contribution in [3.05, 3.63) is 29.6 Å². The number of nitrogens with one attached hydrogen (secondary N) is 1. The number of aryl methyl sites for hydroxylation is 1. The summed E-state index contributed by atoms with van der Waals surface area (Å²) in [6.07, 6.45) is 3.15. The molecule has 0 atom stereocenters. The van der Waals surface area contributed by atoms with Crippen molar-refractivity contribution in [2.45, 2.75) is 26.2 Å². The molecule has 0 spiro atoms. The highest BCUT2D eigenvalue weighted by Gasteiger charge is 2.14. The molecular formula is C14H20FNO. The molecule has 0 aromatic heterocycles. The molecule has 1 aliphatic heterocycles. The van der Waals surface area contributed by atoms with Crippen molar-refractivity contribution in [3.63, 3.8) is 0 Å². The van der Waals surface area contributed by atoms with Gasteiger partial charge in [0.1, 0.15) is 0 Å². The molecule has 1 aliphatic rings. The summed E-state index contributed by atoms with van der Waals surface area (Å²) in [6.45, 7) is 4.78. The lowest BCUT2D eigenvalue weighted by Gasteiger charge is -2.22. The van der Waals surface area contributed by atoms with Gasteiger partial charge in [-0.2, -0.15) is 0 Å². The van der Waals surface area contributed by atoms with Crippen LogP contribution in [-0.4, -0.2) is 19.7 Å². The van der Waals surface area contributed by atoms with Crippen LogP contribution in [0.15, 0.2) is 18.2 Å². The zero-order valence-corrected chi connectivity index (χ0v) is 10.3. The van der Waals surface area contributed by atoms with Gasteiger partial charge in [0.25, 0.3) is 0 Å². The largest absolute Gasteiger partial charge is 0.490 e. The van der Waals surface area contributed by atoms with Crippen LogP contribution in [0.1, 0.15) is 25.3 Å². The van der Waals surface area contributed by atoms with E-state index in [2.05, 4.69) is 12.2 Å². The van der Waals surface area contributed by atoms with Gasteiger partial charge in [-0.05, 0) is 56.0 Å². The van der Waals surface area contributed by atoms with E-state index in [0.717, 1.165) is 37.9 Å². The molecule has 94 valence electrons. The van der Waals surface area contributed by atoms with Crippen LogP contribution in [0.5, 0.6) is 5.75 Å². The summed E-state index contributed by atoms with van der Waals surface area (Å²) >= 11 is 0. The fourth-order valence-electron chi connectivity index (χ4n) is 2.13. The summed E-state index contributed by atoms with van der Waals surface area (Å²) in [5.41, 5.74) is 1.12. The van der Waals surface area contributed by atoms with Crippen LogP contribution >= 0.6 is 0 Å². The molecule has 17 heavy (non-hydrogen) atoms. The number of rotatable bonds is 4. The normalized spacial score (nSPS) is 17.1. The maximum atomic E-state index is 13.5. The second-order valence-electron chi connectivity index (χ2n) is 4.62. The lowest BCUT2D eigenvalue weighted by atomic mass is 9.99. The third kappa shape index (κ3) is 3.43. The van der Waals surface area contributed by atoms with Gasteiger partial charge in [-0.3, -0.25) is 0 Å². The van der Waals surface area contributed by atoms with Crippen molar-refractivity contribution < 1.29 is 9.13 Å². The van der Waals surface area contributed by atoms with Crippen LogP contribution in [0, 0.1) is 11.7 Å². The van der Waals surface area contributed by atoms with E-state index in [1.54, 1.807) is 0 Å². The predicted molar refractivity (Wildman–Crippen MR) is 66.9 cm³/mol. The molecule has 0 amide bonds. The molecule has 1 heterocycles. The molecule has 1 saturated heterocycles. The third-order valence-corrected chi connectivity index (χ3v) is 3.34. The highest BCUT2D eigenvalue weighted by atomic mass is 19.1. The molecule has 0 radical (unpaired) electrons. The minimum absolute atomic E-state index is 0.254. The van der Waals surface area contributed by atoms with E-state index >= 15 is 0 Å². The van der Waals surface area contributed by atoms with E-state index in [1.807, 2.05) is 12.1 Å². The van der Waals surface area contributed by atoms with E-state index in [0.29, 0.717) is 18.3 Å². The summed E-state index contributed by atoms with van der Waals surface area (Å²) in [5.74, 6) is 0.708. The van der Waals surface area contributed by atoms with Crippen molar-refractivity contribution in [1.29, 1.82) is 0 Å². The Balaban J connectivity index is 1.92. The van der Waals surface area contributed by atoms with Crippen LogP contribution < -0.4 is 10.1 Å². The Morgan fingerprint density at radius 1 is 1.35 bits per heavy atom. The van der Waals surface area contributed by atoms with Crippen molar-refractivity contribution in [1.82, 2.24) is 5.32 Å². The van der Waals surface area contributed by atoms with E-state index in [-0.39, 0.29) is 5.82 Å². The second-order valence-corrected chi connectivity index (χ2v) is 4.62. The monoisotopic (exact) mass is 237 g/mol. The summed E-state index contributed by atoms with van der Waals surface area (Å²) in [6, 6.07) is 5.12. The predicted octanol–water partition coefficient (Wildman–Crippen LogP) is 2.77. The molecule has 0 unspecified atom stereocenters. The molecule has 2 rings (SSSR count). The van der Waals surface area contributed by atoms with Crippen molar-refractivity contribution in [2.24, 2.45) is 5.92 Å². The molecule has 0 bridgehead atoms. The lowest BCUT2D eigenvalue weighted by Crippen LogP contribution is -2.30. The number of benzene rings is 1. The van der Waals surface area contributed by atoms with E-state index < -0.39 is 0 Å². The first-order valence-corrected chi connectivity index (χ1v) is 6.41. The number of halogens is 1. The summed E-state index contributed by atoms with van der Waals surface area (Å²) in [7, 11) is 0. The van der Waals surface area contributed by atoms with Gasteiger partial charge < -0.3 is 10.1 Å². The Morgan fingerprint density at radius 2 is 2.12 bits per heavy atom. The van der Waals surface area contributed by atoms with Gasteiger partial charge in [0.2, 0.25) is 0 Å². The van der Waals surface area contributed by atoms with Crippen molar-refractivity contribution in [2.75, 3.05) is 19.7 Å². The number of hydrogen-bond donors (Lipinski definition) is 1. The Morgan fingerprint density at radius 3 is 2.82 bits per heavy atom. The molecule has 0 saturated carbocycles. The topological polar surface area (TPSA) is 21.3 Å². The first kappa shape index (κ1) is 12.4. The van der Waals surface area contributed by atoms with E-state index in [9.17, 15) is 4.39 Å². The van der Waals surface area contributed by atoms with Gasteiger partial charge >= 0.3 is 0 Å². The first-order chi connectivity index (χ1) is 8.29. The van der Waals surface area contributed by atoms with Crippen LogP contribution in [0.3, 0.4) is 0 Å². The van der Waals surface area contributed by atoms with Crippen LogP contribution in [0.25, 0.3) is 0 Å². The highest BCUT2D eigenvalue weighted by Crippen LogP contribution is 2.21. The van der Waals surface area contributed by atoms with E-state index in [1.165, 1.54) is 6.07 Å². The van der Waals surface area contributed by atoms with Gasteiger partial charge in [0.15, 0.2) is 11.6 Å². The fraction of sp³-hybridized carbons (Fsp3) is 0.571. The van der Waals surface area contributed by atoms with Crippen molar-refractivity contribution >= 4 is 0 Å². The van der Waals surface area contributed by atoms with Gasteiger partial charge in [-0.15, -0.1) is 0 Å². The Labute approximate surface area is 102 Å². The SMILES string of the molecule is CCc1ccc(F)c(OCC2CCNCC2)c1. The highest BCUT2D eigenvalue weighted by molar-refractivity contribution is 5.30. The number of piperidine rings is 1. The van der Waals surface area contributed by atoms with Crippen LogP contribution in [0.2, 0.25) is 0 Å². The molecule has 2 nitrogen and oxygen atoms in total. The second kappa shape index (κ2) is 6.01. The molecule has 1 fully saturated rings. The molecule has 1 aromatic carbocycles. The standard InChI is InChI=1S/C14H20FNO/c1-2-11-3-4-13(15)14(9-11)17-10-12-5-7-16-8-6-12/h3-4,9,12,16H,2,5-8,10H2,1H3. The number of ether oxygens (including phenoxy) is 1. The fourth-order valence-corrected chi connectivity index (χ4v) is 2.13. The van der Waals surface area contributed by atoms with Gasteiger partial charge in [-0.25, -0.2) is 4.39 Å². The maximum Gasteiger partial charge on any atom is 0.165 e. The average Bonchev–Trinajstić information content (AvgIpc) is 2.39. The van der Waals surface area contributed by atoms with Crippen molar-refractivity contribution in [3.8, 4) is 5.75 Å². The smallest absolute Gasteiger partial charge is 0.165 e. The molecule has 0 aliphatic carbocycles. The summed E-state index contributed by atoms with van der Waals surface area (Å²) < 4.78 is 19.1. The van der Waals surface area contributed by atoms with Crippen LogP contribution in [0.4, 0.5) is 4.39 Å². The average molecular weight is 237 g/mol. The minimum Gasteiger partial charge on any atom is -0.490 e. The lowest BCUT2D eigenvalue weighted by molar-refractivity contribution is 0.208. The van der Waals surface area contributed by atoms with Gasteiger partial charge in [-0.1, -0.05) is 13.0 Å². The summed E-state index contributed by atoms with van der Waals surface area (Å²) in [4.78, 5) is 0. The first-order valence-electron chi connectivity index (χ1n) is 6.41. The van der Waals surface area contributed by atoms with E-state index in [4.69, 9.17) is 4.74 Å². The number of hydrogen-bond acceptors (Lipinski definition) is 2. The minimum atomic E-state index is -0.254. The summed E-state index contributed by atoms with van der Waals surface area (Å²) in [5, 5.41) is 3.31. The zero-order valence-electron chi connectivity index (χ0n) is 10.3. The molecule has 1 aromatic rings. The zero-order chi connectivity index (χ0) is 12.1. The molecular weight excluding hydrogens is 217 g/mol. The quantitative estimate of drug-likeness (QED) is 0.869. The van der Waals surface area contributed by atoms with Crippen LogP contribution in [-0.2, 0) is 6.42 Å². The third-order valence-electron chi connectivity index (χ3n) is 3.34. The van der Waals surface area contributed by atoms with Gasteiger partial charge in [0.05, 0.1) is 6.61 Å². The Hall–Kier alpha value is -1.09. The Bertz CT molecular complexity index is 361. The Kier molecular flexibility index (Phi) is 4.37. The molecule has 3 heteroatoms. The van der Waals surface area contributed by atoms with Gasteiger partial charge in [0, 0.05) is 0 Å². The maximum absolute atomic E-state index is 13.5.